The Hall–Kier alpha value is -2.51. The minimum Gasteiger partial charge on any atom is -0.483 e. The number of rotatable bonds is 5. The number of β-amino-alcohol motifs (C(OH)–C–C–N with tert-alkyl or cyclic N) is 1. The van der Waals surface area contributed by atoms with Gasteiger partial charge in [0.25, 0.3) is 5.88 Å². The Bertz CT molecular complexity index is 784. The predicted molar refractivity (Wildman–Crippen MR) is 93.6 cm³/mol. The van der Waals surface area contributed by atoms with Crippen molar-refractivity contribution >= 4 is 5.78 Å². The summed E-state index contributed by atoms with van der Waals surface area (Å²) in [5, 5.41) is 10.3. The Morgan fingerprint density at radius 3 is 2.85 bits per heavy atom. The van der Waals surface area contributed by atoms with Crippen LogP contribution in [-0.2, 0) is 0 Å². The number of carbonyl (C=O) groups is 1. The zero-order valence-corrected chi connectivity index (χ0v) is 14.4. The summed E-state index contributed by atoms with van der Waals surface area (Å²) in [6.07, 6.45) is 1.37. The minimum absolute atomic E-state index is 0.0804. The van der Waals surface area contributed by atoms with E-state index >= 15 is 0 Å². The number of aliphatic hydroxyl groups excluding tert-OH is 1. The van der Waals surface area contributed by atoms with Crippen molar-refractivity contribution in [3.63, 3.8) is 0 Å². The maximum Gasteiger partial charge on any atom is 0.260 e. The maximum absolute atomic E-state index is 12.4. The number of fused-ring (bicyclic) bond motifs is 1. The Morgan fingerprint density at radius 1 is 1.19 bits per heavy atom. The summed E-state index contributed by atoms with van der Waals surface area (Å²) in [6, 6.07) is 9.99. The zero-order valence-electron chi connectivity index (χ0n) is 14.4. The molecule has 1 N–H and O–H groups in total. The number of aromatic nitrogens is 2. The molecule has 0 spiro atoms. The van der Waals surface area contributed by atoms with Gasteiger partial charge in [0, 0.05) is 32.0 Å². The molecule has 2 atom stereocenters. The normalized spacial score (nSPS) is 22.3. The van der Waals surface area contributed by atoms with Crippen molar-refractivity contribution in [2.24, 2.45) is 0 Å². The molecule has 2 aliphatic heterocycles. The lowest BCUT2D eigenvalue weighted by Gasteiger charge is -2.17. The van der Waals surface area contributed by atoms with E-state index in [4.69, 9.17) is 9.47 Å². The fraction of sp³-hybridized carbons (Fsp3) is 0.421. The summed E-state index contributed by atoms with van der Waals surface area (Å²) in [6.45, 7) is 2.75. The number of nitrogens with zero attached hydrogens (tertiary/aromatic N) is 3. The second-order valence-electron chi connectivity index (χ2n) is 6.58. The molecule has 0 aliphatic carbocycles. The standard InChI is InChI=1S/C19H21N3O4/c23-15(18-20-10-17-19(21-18)26-9-8-25-17)6-7-22-11-14(16(24)12-22)13-4-2-1-3-5-13/h1-5,10,14,16,24H,6-9,11-12H2. The van der Waals surface area contributed by atoms with Crippen LogP contribution in [-0.4, -0.2) is 64.7 Å². The average Bonchev–Trinajstić information content (AvgIpc) is 3.07. The van der Waals surface area contributed by atoms with Crippen LogP contribution >= 0.6 is 0 Å². The van der Waals surface area contributed by atoms with Gasteiger partial charge in [-0.15, -0.1) is 0 Å². The number of aliphatic hydroxyl groups is 1. The number of ketones is 1. The maximum atomic E-state index is 12.4. The van der Waals surface area contributed by atoms with Crippen molar-refractivity contribution in [2.75, 3.05) is 32.8 Å². The van der Waals surface area contributed by atoms with Crippen LogP contribution in [0.3, 0.4) is 0 Å². The first-order chi connectivity index (χ1) is 12.7. The second-order valence-corrected chi connectivity index (χ2v) is 6.58. The summed E-state index contributed by atoms with van der Waals surface area (Å²) >= 11 is 0. The molecule has 0 radical (unpaired) electrons. The first-order valence-corrected chi connectivity index (χ1v) is 8.82. The van der Waals surface area contributed by atoms with E-state index in [1.807, 2.05) is 30.3 Å². The van der Waals surface area contributed by atoms with Crippen molar-refractivity contribution in [2.45, 2.75) is 18.4 Å². The molecular formula is C19H21N3O4. The number of benzene rings is 1. The smallest absolute Gasteiger partial charge is 0.260 e. The molecule has 7 nitrogen and oxygen atoms in total. The monoisotopic (exact) mass is 355 g/mol. The molecule has 2 aromatic rings. The average molecular weight is 355 g/mol. The summed E-state index contributed by atoms with van der Waals surface area (Å²) in [5.74, 6) is 0.890. The Labute approximate surface area is 151 Å². The van der Waals surface area contributed by atoms with E-state index in [2.05, 4.69) is 14.9 Å². The lowest BCUT2D eigenvalue weighted by Crippen LogP contribution is -2.25. The number of likely N-dealkylation sites (tertiary alicyclic amines) is 1. The van der Waals surface area contributed by atoms with Gasteiger partial charge < -0.3 is 14.6 Å². The molecule has 2 aliphatic rings. The lowest BCUT2D eigenvalue weighted by atomic mass is 9.96. The van der Waals surface area contributed by atoms with Gasteiger partial charge in [0.2, 0.25) is 5.78 Å². The Kier molecular flexibility index (Phi) is 4.81. The third-order valence-corrected chi connectivity index (χ3v) is 4.80. The van der Waals surface area contributed by atoms with Gasteiger partial charge >= 0.3 is 0 Å². The van der Waals surface area contributed by atoms with Gasteiger partial charge in [-0.3, -0.25) is 9.69 Å². The second kappa shape index (κ2) is 7.39. The molecular weight excluding hydrogens is 334 g/mol. The molecule has 26 heavy (non-hydrogen) atoms. The summed E-state index contributed by atoms with van der Waals surface area (Å²) < 4.78 is 10.8. The number of hydrogen-bond donors (Lipinski definition) is 1. The van der Waals surface area contributed by atoms with Crippen molar-refractivity contribution in [3.8, 4) is 11.6 Å². The third-order valence-electron chi connectivity index (χ3n) is 4.80. The SMILES string of the molecule is O=C(CCN1CC(O)C(c2ccccc2)C1)c1ncc2c(n1)OCCO2. The highest BCUT2D eigenvalue weighted by molar-refractivity contribution is 5.92. The zero-order chi connectivity index (χ0) is 17.9. The molecule has 136 valence electrons. The first-order valence-electron chi connectivity index (χ1n) is 8.82. The van der Waals surface area contributed by atoms with Crippen molar-refractivity contribution in [3.05, 3.63) is 47.9 Å². The molecule has 1 aromatic carbocycles. The number of Topliss-reactive ketones (excluding diaryl/α,β-unsaturated/α-hetero) is 1. The van der Waals surface area contributed by atoms with Gasteiger partial charge in [-0.25, -0.2) is 4.98 Å². The molecule has 7 heteroatoms. The topological polar surface area (TPSA) is 84.8 Å². The van der Waals surface area contributed by atoms with Crippen molar-refractivity contribution in [1.29, 1.82) is 0 Å². The van der Waals surface area contributed by atoms with E-state index in [0.29, 0.717) is 44.4 Å². The molecule has 1 fully saturated rings. The largest absolute Gasteiger partial charge is 0.483 e. The van der Waals surface area contributed by atoms with E-state index in [-0.39, 0.29) is 17.5 Å². The lowest BCUT2D eigenvalue weighted by molar-refractivity contribution is 0.0949. The molecule has 0 saturated carbocycles. The highest BCUT2D eigenvalue weighted by Crippen LogP contribution is 2.28. The van der Waals surface area contributed by atoms with Gasteiger partial charge in [0.15, 0.2) is 11.6 Å². The van der Waals surface area contributed by atoms with Crippen LogP contribution in [0.5, 0.6) is 11.6 Å². The van der Waals surface area contributed by atoms with Gasteiger partial charge in [-0.05, 0) is 5.56 Å². The van der Waals surface area contributed by atoms with E-state index in [1.165, 1.54) is 6.20 Å². The van der Waals surface area contributed by atoms with Crippen LogP contribution in [0.15, 0.2) is 36.5 Å². The first kappa shape index (κ1) is 16.9. The van der Waals surface area contributed by atoms with Gasteiger partial charge in [0.1, 0.15) is 13.2 Å². The number of hydrogen-bond acceptors (Lipinski definition) is 7. The minimum atomic E-state index is -0.418. The molecule has 0 bridgehead atoms. The van der Waals surface area contributed by atoms with E-state index in [9.17, 15) is 9.90 Å². The molecule has 0 amide bonds. The van der Waals surface area contributed by atoms with Crippen LogP contribution in [0.1, 0.15) is 28.5 Å². The van der Waals surface area contributed by atoms with Crippen LogP contribution < -0.4 is 9.47 Å². The quantitative estimate of drug-likeness (QED) is 0.809. The summed E-state index contributed by atoms with van der Waals surface area (Å²) in [7, 11) is 0. The number of carbonyl (C=O) groups excluding carboxylic acids is 1. The molecule has 1 aromatic heterocycles. The van der Waals surface area contributed by atoms with Crippen LogP contribution in [0.25, 0.3) is 0 Å². The van der Waals surface area contributed by atoms with Crippen molar-refractivity contribution in [1.82, 2.24) is 14.9 Å². The van der Waals surface area contributed by atoms with Gasteiger partial charge in [-0.1, -0.05) is 30.3 Å². The van der Waals surface area contributed by atoms with E-state index in [1.54, 1.807) is 0 Å². The molecule has 2 unspecified atom stereocenters. The molecule has 3 heterocycles. The van der Waals surface area contributed by atoms with Crippen LogP contribution in [0, 0.1) is 0 Å². The van der Waals surface area contributed by atoms with Gasteiger partial charge in [-0.2, -0.15) is 4.98 Å². The Balaban J connectivity index is 1.35. The van der Waals surface area contributed by atoms with Crippen molar-refractivity contribution < 1.29 is 19.4 Å². The van der Waals surface area contributed by atoms with Crippen LogP contribution in [0.2, 0.25) is 0 Å². The fourth-order valence-electron chi connectivity index (χ4n) is 3.43. The Morgan fingerprint density at radius 2 is 2.00 bits per heavy atom. The van der Waals surface area contributed by atoms with E-state index < -0.39 is 6.10 Å². The summed E-state index contributed by atoms with van der Waals surface area (Å²) in [5.41, 5.74) is 1.13. The van der Waals surface area contributed by atoms with E-state index in [0.717, 1.165) is 12.1 Å². The highest BCUT2D eigenvalue weighted by atomic mass is 16.6. The fourth-order valence-corrected chi connectivity index (χ4v) is 3.43. The highest BCUT2D eigenvalue weighted by Gasteiger charge is 2.32. The predicted octanol–water partition coefficient (Wildman–Crippen LogP) is 1.28. The molecule has 4 rings (SSSR count). The molecule has 1 saturated heterocycles. The van der Waals surface area contributed by atoms with Gasteiger partial charge in [0.05, 0.1) is 12.3 Å². The third kappa shape index (κ3) is 3.54. The summed E-state index contributed by atoms with van der Waals surface area (Å²) in [4.78, 5) is 22.8. The number of ether oxygens (including phenoxy) is 2. The van der Waals surface area contributed by atoms with Crippen LogP contribution in [0.4, 0.5) is 0 Å².